The Bertz CT molecular complexity index is 588. The highest BCUT2D eigenvalue weighted by Crippen LogP contribution is 2.46. The number of likely N-dealkylation sites (tertiary alicyclic amines) is 1. The average molecular weight is 298 g/mol. The Hall–Kier alpha value is -1.62. The molecular weight excluding hydrogens is 285 g/mol. The van der Waals surface area contributed by atoms with Crippen LogP contribution >= 0.6 is 11.6 Å². The van der Waals surface area contributed by atoms with E-state index in [4.69, 9.17) is 11.6 Å². The van der Waals surface area contributed by atoms with E-state index in [2.05, 4.69) is 0 Å². The quantitative estimate of drug-likeness (QED) is 0.933. The van der Waals surface area contributed by atoms with E-state index < -0.39 is 23.7 Å². The van der Waals surface area contributed by atoms with Gasteiger partial charge in [-0.25, -0.2) is 4.39 Å². The summed E-state index contributed by atoms with van der Waals surface area (Å²) in [5, 5.41) is 9.64. The van der Waals surface area contributed by atoms with Gasteiger partial charge in [0.1, 0.15) is 5.82 Å². The van der Waals surface area contributed by atoms with Crippen molar-refractivity contribution in [3.05, 3.63) is 34.6 Å². The molecule has 2 aliphatic rings. The number of halogens is 2. The number of nitrogens with zero attached hydrogens (tertiary/aromatic N) is 1. The molecule has 2 atom stereocenters. The van der Waals surface area contributed by atoms with Crippen molar-refractivity contribution >= 4 is 23.5 Å². The topological polar surface area (TPSA) is 57.6 Å². The van der Waals surface area contributed by atoms with Crippen molar-refractivity contribution in [2.24, 2.45) is 5.92 Å². The minimum absolute atomic E-state index is 0.0373. The Labute approximate surface area is 120 Å². The van der Waals surface area contributed by atoms with E-state index in [1.165, 1.54) is 23.1 Å². The van der Waals surface area contributed by atoms with Gasteiger partial charge in [0.2, 0.25) is 5.91 Å². The molecule has 1 aliphatic heterocycles. The lowest BCUT2D eigenvalue weighted by molar-refractivity contribution is -0.142. The Morgan fingerprint density at radius 2 is 2.10 bits per heavy atom. The lowest BCUT2D eigenvalue weighted by Crippen LogP contribution is -2.33. The summed E-state index contributed by atoms with van der Waals surface area (Å²) in [4.78, 5) is 25.0. The van der Waals surface area contributed by atoms with Gasteiger partial charge in [-0.15, -0.1) is 0 Å². The number of hydrogen-bond donors (Lipinski definition) is 1. The van der Waals surface area contributed by atoms with E-state index in [9.17, 15) is 19.1 Å². The van der Waals surface area contributed by atoms with Crippen LogP contribution in [-0.4, -0.2) is 27.9 Å². The molecule has 0 aromatic heterocycles. The maximum Gasteiger partial charge on any atom is 0.309 e. The summed E-state index contributed by atoms with van der Waals surface area (Å²) in [7, 11) is 0. The zero-order valence-electron chi connectivity index (χ0n) is 10.6. The molecule has 1 aromatic rings. The van der Waals surface area contributed by atoms with Gasteiger partial charge in [0.15, 0.2) is 0 Å². The van der Waals surface area contributed by atoms with E-state index in [0.717, 1.165) is 12.8 Å². The molecule has 2 fully saturated rings. The molecule has 1 heterocycles. The zero-order chi connectivity index (χ0) is 14.4. The number of aliphatic carboxylic acids is 1. The molecule has 1 saturated heterocycles. The summed E-state index contributed by atoms with van der Waals surface area (Å²) in [6.07, 6.45) is 1.61. The molecule has 2 unspecified atom stereocenters. The molecule has 1 saturated carbocycles. The van der Waals surface area contributed by atoms with Gasteiger partial charge in [-0.3, -0.25) is 9.59 Å². The van der Waals surface area contributed by atoms with Crippen LogP contribution in [0.3, 0.4) is 0 Å². The minimum atomic E-state index is -1.08. The van der Waals surface area contributed by atoms with Crippen molar-refractivity contribution in [3.63, 3.8) is 0 Å². The molecular formula is C14H13ClFNO3. The highest BCUT2D eigenvalue weighted by molar-refractivity contribution is 6.30. The Kier molecular flexibility index (Phi) is 3.17. The van der Waals surface area contributed by atoms with E-state index in [0.29, 0.717) is 5.02 Å². The van der Waals surface area contributed by atoms with Crippen LogP contribution in [0.4, 0.5) is 4.39 Å². The molecule has 0 spiro atoms. The first-order valence-corrected chi connectivity index (χ1v) is 6.85. The molecule has 1 aromatic carbocycles. The fourth-order valence-corrected chi connectivity index (χ4v) is 3.05. The van der Waals surface area contributed by atoms with E-state index in [1.54, 1.807) is 0 Å². The minimum Gasteiger partial charge on any atom is -0.481 e. The number of amides is 1. The highest BCUT2D eigenvalue weighted by atomic mass is 35.5. The van der Waals surface area contributed by atoms with Crippen LogP contribution in [0.1, 0.15) is 30.9 Å². The summed E-state index contributed by atoms with van der Waals surface area (Å²) in [5.74, 6) is -2.74. The number of hydrogen-bond acceptors (Lipinski definition) is 2. The lowest BCUT2D eigenvalue weighted by Gasteiger charge is -2.27. The first-order valence-electron chi connectivity index (χ1n) is 6.48. The van der Waals surface area contributed by atoms with Gasteiger partial charge in [-0.05, 0) is 31.0 Å². The third-order valence-corrected chi connectivity index (χ3v) is 4.13. The number of carboxylic acid groups (broad SMARTS) is 1. The summed E-state index contributed by atoms with van der Waals surface area (Å²) < 4.78 is 14.1. The number of carboxylic acids is 1. The van der Waals surface area contributed by atoms with Crippen LogP contribution in [0.2, 0.25) is 5.02 Å². The monoisotopic (exact) mass is 297 g/mol. The normalized spacial score (nSPS) is 26.1. The van der Waals surface area contributed by atoms with Gasteiger partial charge in [-0.1, -0.05) is 11.6 Å². The van der Waals surface area contributed by atoms with Gasteiger partial charge in [0.25, 0.3) is 0 Å². The summed E-state index contributed by atoms with van der Waals surface area (Å²) in [6.45, 7) is 0. The SMILES string of the molecule is O=C(O)C1CC(=O)N(C2CC2)C1c1cc(Cl)ccc1F. The molecule has 1 amide bonds. The van der Waals surface area contributed by atoms with Crippen molar-refractivity contribution in [1.29, 1.82) is 0 Å². The van der Waals surface area contributed by atoms with Gasteiger partial charge >= 0.3 is 5.97 Å². The van der Waals surface area contributed by atoms with Crippen molar-refractivity contribution in [2.75, 3.05) is 0 Å². The van der Waals surface area contributed by atoms with Crippen molar-refractivity contribution in [2.45, 2.75) is 31.3 Å². The van der Waals surface area contributed by atoms with Gasteiger partial charge < -0.3 is 10.0 Å². The third-order valence-electron chi connectivity index (χ3n) is 3.90. The Balaban J connectivity index is 2.07. The van der Waals surface area contributed by atoms with E-state index >= 15 is 0 Å². The van der Waals surface area contributed by atoms with E-state index in [1.807, 2.05) is 0 Å². The molecule has 106 valence electrons. The number of carbonyl (C=O) groups excluding carboxylic acids is 1. The first kappa shape index (κ1) is 13.4. The number of carbonyl (C=O) groups is 2. The second-order valence-corrected chi connectivity index (χ2v) is 5.73. The van der Waals surface area contributed by atoms with Gasteiger partial charge in [-0.2, -0.15) is 0 Å². The summed E-state index contributed by atoms with van der Waals surface area (Å²) in [6, 6.07) is 3.33. The van der Waals surface area contributed by atoms with Crippen LogP contribution in [0.15, 0.2) is 18.2 Å². The molecule has 1 N–H and O–H groups in total. The van der Waals surface area contributed by atoms with E-state index in [-0.39, 0.29) is 23.9 Å². The maximum absolute atomic E-state index is 14.1. The third kappa shape index (κ3) is 2.16. The number of rotatable bonds is 3. The highest BCUT2D eigenvalue weighted by Gasteiger charge is 2.50. The van der Waals surface area contributed by atoms with Crippen molar-refractivity contribution in [1.82, 2.24) is 4.90 Å². The van der Waals surface area contributed by atoms with Gasteiger partial charge in [0, 0.05) is 23.0 Å². The standard InChI is InChI=1S/C14H13ClFNO3/c15-7-1-4-11(16)9(5-7)13-10(14(19)20)6-12(18)17(13)8-2-3-8/h1,4-5,8,10,13H,2-3,6H2,(H,19,20). The smallest absolute Gasteiger partial charge is 0.309 e. The first-order chi connectivity index (χ1) is 9.49. The fourth-order valence-electron chi connectivity index (χ4n) is 2.87. The summed E-state index contributed by atoms with van der Waals surface area (Å²) >= 11 is 5.88. The second kappa shape index (κ2) is 4.74. The Morgan fingerprint density at radius 1 is 1.40 bits per heavy atom. The van der Waals surface area contributed by atoms with Crippen LogP contribution in [-0.2, 0) is 9.59 Å². The van der Waals surface area contributed by atoms with Crippen LogP contribution in [0, 0.1) is 11.7 Å². The molecule has 0 bridgehead atoms. The Morgan fingerprint density at radius 3 is 2.70 bits per heavy atom. The van der Waals surface area contributed by atoms with Crippen LogP contribution < -0.4 is 0 Å². The largest absolute Gasteiger partial charge is 0.481 e. The predicted molar refractivity (Wildman–Crippen MR) is 69.8 cm³/mol. The second-order valence-electron chi connectivity index (χ2n) is 5.29. The molecule has 0 radical (unpaired) electrons. The molecule has 3 rings (SSSR count). The molecule has 4 nitrogen and oxygen atoms in total. The van der Waals surface area contributed by atoms with Crippen LogP contribution in [0.5, 0.6) is 0 Å². The van der Waals surface area contributed by atoms with Gasteiger partial charge in [0.05, 0.1) is 12.0 Å². The van der Waals surface area contributed by atoms with Crippen molar-refractivity contribution < 1.29 is 19.1 Å². The zero-order valence-corrected chi connectivity index (χ0v) is 11.3. The molecule has 1 aliphatic carbocycles. The van der Waals surface area contributed by atoms with Crippen LogP contribution in [0.25, 0.3) is 0 Å². The maximum atomic E-state index is 14.1. The fraction of sp³-hybridized carbons (Fsp3) is 0.429. The van der Waals surface area contributed by atoms with Crippen molar-refractivity contribution in [3.8, 4) is 0 Å². The lowest BCUT2D eigenvalue weighted by atomic mass is 9.93. The predicted octanol–water partition coefficient (Wildman–Crippen LogP) is 2.62. The molecule has 6 heteroatoms. The average Bonchev–Trinajstić information content (AvgIpc) is 3.15. The number of benzene rings is 1. The molecule has 20 heavy (non-hydrogen) atoms. The summed E-state index contributed by atoms with van der Waals surface area (Å²) in [5.41, 5.74) is 0.197.